The SMILES string of the molecule is COc1ccc(-c2[nH]n(-c3ccc([N+](=O)[O-])cc3)c(=O)c2C(C)=Nc2ccc(Oc3ccccc3)cc2)cc1. The maximum Gasteiger partial charge on any atom is 0.280 e. The van der Waals surface area contributed by atoms with Gasteiger partial charge in [-0.2, -0.15) is 0 Å². The predicted octanol–water partition coefficient (Wildman–Crippen LogP) is 6.68. The van der Waals surface area contributed by atoms with E-state index in [4.69, 9.17) is 14.5 Å². The van der Waals surface area contributed by atoms with Crippen molar-refractivity contribution >= 4 is 17.1 Å². The van der Waals surface area contributed by atoms with E-state index in [9.17, 15) is 14.9 Å². The van der Waals surface area contributed by atoms with Gasteiger partial charge >= 0.3 is 0 Å². The van der Waals surface area contributed by atoms with Crippen LogP contribution in [0.25, 0.3) is 16.9 Å². The zero-order valence-electron chi connectivity index (χ0n) is 21.2. The van der Waals surface area contributed by atoms with Gasteiger partial charge in [0.2, 0.25) is 0 Å². The van der Waals surface area contributed by atoms with E-state index in [1.54, 1.807) is 26.2 Å². The van der Waals surface area contributed by atoms with Crippen LogP contribution in [0.5, 0.6) is 17.2 Å². The minimum absolute atomic E-state index is 0.0635. The monoisotopic (exact) mass is 520 g/mol. The van der Waals surface area contributed by atoms with E-state index in [0.29, 0.717) is 39.8 Å². The molecule has 5 aromatic rings. The Labute approximate surface area is 223 Å². The highest BCUT2D eigenvalue weighted by molar-refractivity contribution is 6.04. The molecule has 0 fully saturated rings. The minimum Gasteiger partial charge on any atom is -0.497 e. The lowest BCUT2D eigenvalue weighted by Gasteiger charge is -2.06. The number of aromatic nitrogens is 2. The summed E-state index contributed by atoms with van der Waals surface area (Å²) >= 11 is 0. The smallest absolute Gasteiger partial charge is 0.280 e. The first kappa shape index (κ1) is 25.2. The largest absolute Gasteiger partial charge is 0.497 e. The number of rotatable bonds is 8. The summed E-state index contributed by atoms with van der Waals surface area (Å²) in [6.45, 7) is 1.77. The molecular weight excluding hydrogens is 496 g/mol. The van der Waals surface area contributed by atoms with Crippen LogP contribution in [-0.2, 0) is 0 Å². The number of aliphatic imine (C=N–C) groups is 1. The highest BCUT2D eigenvalue weighted by Gasteiger charge is 2.20. The Bertz CT molecular complexity index is 1690. The predicted molar refractivity (Wildman–Crippen MR) is 150 cm³/mol. The fourth-order valence-corrected chi connectivity index (χ4v) is 4.11. The lowest BCUT2D eigenvalue weighted by molar-refractivity contribution is -0.384. The van der Waals surface area contributed by atoms with Crippen LogP contribution in [0, 0.1) is 10.1 Å². The van der Waals surface area contributed by atoms with Crippen molar-refractivity contribution in [2.24, 2.45) is 4.99 Å². The molecule has 9 nitrogen and oxygen atoms in total. The van der Waals surface area contributed by atoms with Gasteiger partial charge in [0.25, 0.3) is 11.2 Å². The van der Waals surface area contributed by atoms with Gasteiger partial charge in [0.15, 0.2) is 0 Å². The highest BCUT2D eigenvalue weighted by Crippen LogP contribution is 2.27. The first-order valence-corrected chi connectivity index (χ1v) is 12.1. The van der Waals surface area contributed by atoms with Gasteiger partial charge in [0.05, 0.1) is 40.4 Å². The van der Waals surface area contributed by atoms with Crippen LogP contribution in [0.15, 0.2) is 113 Å². The van der Waals surface area contributed by atoms with Gasteiger partial charge in [-0.15, -0.1) is 0 Å². The molecule has 0 spiro atoms. The quantitative estimate of drug-likeness (QED) is 0.139. The fourth-order valence-electron chi connectivity index (χ4n) is 4.11. The van der Waals surface area contributed by atoms with E-state index in [0.717, 1.165) is 11.3 Å². The Kier molecular flexibility index (Phi) is 7.05. The van der Waals surface area contributed by atoms with Crippen molar-refractivity contribution in [3.05, 3.63) is 129 Å². The molecule has 1 aromatic heterocycles. The molecule has 5 rings (SSSR count). The van der Waals surface area contributed by atoms with E-state index in [1.807, 2.05) is 66.7 Å². The number of non-ortho nitro benzene ring substituents is 1. The van der Waals surface area contributed by atoms with Crippen LogP contribution >= 0.6 is 0 Å². The molecule has 1 heterocycles. The molecule has 0 unspecified atom stereocenters. The molecule has 0 saturated carbocycles. The summed E-state index contributed by atoms with van der Waals surface area (Å²) in [6, 6.07) is 29.8. The Morgan fingerprint density at radius 2 is 1.46 bits per heavy atom. The van der Waals surface area contributed by atoms with Gasteiger partial charge in [-0.3, -0.25) is 25.0 Å². The molecule has 0 amide bonds. The fraction of sp³-hybridized carbons (Fsp3) is 0.0667. The summed E-state index contributed by atoms with van der Waals surface area (Å²) in [4.78, 5) is 29.0. The number of hydrogen-bond acceptors (Lipinski definition) is 6. The van der Waals surface area contributed by atoms with Gasteiger partial charge in [-0.05, 0) is 79.7 Å². The second-order valence-electron chi connectivity index (χ2n) is 8.61. The van der Waals surface area contributed by atoms with Crippen molar-refractivity contribution in [2.45, 2.75) is 6.92 Å². The maximum atomic E-state index is 13.7. The lowest BCUT2D eigenvalue weighted by Crippen LogP contribution is -2.19. The number of nitro benzene ring substituents is 1. The van der Waals surface area contributed by atoms with E-state index < -0.39 is 4.92 Å². The summed E-state index contributed by atoms with van der Waals surface area (Å²) in [5.41, 5.74) is 2.91. The number of nitrogens with zero attached hydrogens (tertiary/aromatic N) is 3. The van der Waals surface area contributed by atoms with Crippen molar-refractivity contribution in [3.8, 4) is 34.2 Å². The minimum atomic E-state index is -0.484. The molecule has 194 valence electrons. The first-order chi connectivity index (χ1) is 18.9. The number of hydrogen-bond donors (Lipinski definition) is 1. The Morgan fingerprint density at radius 1 is 0.846 bits per heavy atom. The molecule has 9 heteroatoms. The van der Waals surface area contributed by atoms with Crippen LogP contribution < -0.4 is 15.0 Å². The highest BCUT2D eigenvalue weighted by atomic mass is 16.6. The molecule has 0 radical (unpaired) electrons. The molecular formula is C30H24N4O5. The molecule has 4 aromatic carbocycles. The molecule has 0 aliphatic carbocycles. The number of aromatic amines is 1. The normalized spacial score (nSPS) is 11.3. The number of benzene rings is 4. The second kappa shape index (κ2) is 10.9. The molecule has 0 atom stereocenters. The van der Waals surface area contributed by atoms with Crippen LogP contribution in [0.3, 0.4) is 0 Å². The zero-order chi connectivity index (χ0) is 27.4. The number of nitro groups is 1. The Hall–Kier alpha value is -5.44. The standard InChI is InChI=1S/C30H24N4O5/c1-20(31-22-10-18-27(19-11-22)39-26-6-4-3-5-7-26)28-29(21-8-16-25(38-2)17-9-21)32-33(30(28)35)23-12-14-24(15-13-23)34(36)37/h3-19,32H,1-2H3. The summed E-state index contributed by atoms with van der Waals surface area (Å²) in [7, 11) is 1.58. The number of ether oxygens (including phenoxy) is 2. The van der Waals surface area contributed by atoms with Gasteiger partial charge < -0.3 is 9.47 Å². The maximum absolute atomic E-state index is 13.7. The number of H-pyrrole nitrogens is 1. The average molecular weight is 521 g/mol. The van der Waals surface area contributed by atoms with Gasteiger partial charge in [0.1, 0.15) is 17.2 Å². The van der Waals surface area contributed by atoms with Gasteiger partial charge in [-0.25, -0.2) is 4.68 Å². The summed E-state index contributed by atoms with van der Waals surface area (Å²) < 4.78 is 12.5. The average Bonchev–Trinajstić information content (AvgIpc) is 3.31. The molecule has 39 heavy (non-hydrogen) atoms. The topological polar surface area (TPSA) is 112 Å². The molecule has 0 bridgehead atoms. The number of methoxy groups -OCH3 is 1. The third kappa shape index (κ3) is 5.47. The Morgan fingerprint density at radius 3 is 2.08 bits per heavy atom. The van der Waals surface area contributed by atoms with Crippen molar-refractivity contribution in [1.82, 2.24) is 9.78 Å². The summed E-state index contributed by atoms with van der Waals surface area (Å²) in [5, 5.41) is 14.2. The third-order valence-corrected chi connectivity index (χ3v) is 6.06. The lowest BCUT2D eigenvalue weighted by atomic mass is 10.0. The number of nitrogens with one attached hydrogen (secondary N) is 1. The summed E-state index contributed by atoms with van der Waals surface area (Å²) in [6.07, 6.45) is 0. The zero-order valence-corrected chi connectivity index (χ0v) is 21.2. The van der Waals surface area contributed by atoms with E-state index >= 15 is 0 Å². The van der Waals surface area contributed by atoms with E-state index in [1.165, 1.54) is 28.9 Å². The van der Waals surface area contributed by atoms with Crippen molar-refractivity contribution in [3.63, 3.8) is 0 Å². The Balaban J connectivity index is 1.54. The first-order valence-electron chi connectivity index (χ1n) is 12.1. The van der Waals surface area contributed by atoms with Gasteiger partial charge in [-0.1, -0.05) is 18.2 Å². The van der Waals surface area contributed by atoms with E-state index in [2.05, 4.69) is 5.10 Å². The second-order valence-corrected chi connectivity index (χ2v) is 8.61. The van der Waals surface area contributed by atoms with Crippen LogP contribution in [0.4, 0.5) is 11.4 Å². The third-order valence-electron chi connectivity index (χ3n) is 6.06. The van der Waals surface area contributed by atoms with Crippen LogP contribution in [0.1, 0.15) is 12.5 Å². The van der Waals surface area contributed by atoms with Crippen molar-refractivity contribution < 1.29 is 14.4 Å². The van der Waals surface area contributed by atoms with Crippen LogP contribution in [-0.4, -0.2) is 27.5 Å². The van der Waals surface area contributed by atoms with Crippen molar-refractivity contribution in [1.29, 1.82) is 0 Å². The summed E-state index contributed by atoms with van der Waals surface area (Å²) in [5.74, 6) is 2.08. The number of para-hydroxylation sites is 1. The molecule has 1 N–H and O–H groups in total. The molecule has 0 aliphatic rings. The van der Waals surface area contributed by atoms with E-state index in [-0.39, 0.29) is 11.2 Å². The van der Waals surface area contributed by atoms with Crippen molar-refractivity contribution in [2.75, 3.05) is 7.11 Å². The van der Waals surface area contributed by atoms with Crippen LogP contribution in [0.2, 0.25) is 0 Å². The molecule has 0 saturated heterocycles. The van der Waals surface area contributed by atoms with Gasteiger partial charge in [0, 0.05) is 17.7 Å². The molecule has 0 aliphatic heterocycles.